The quantitative estimate of drug-likeness (QED) is 0.826. The molecule has 0 aromatic heterocycles. The molecule has 1 unspecified atom stereocenters. The van der Waals surface area contributed by atoms with Crippen molar-refractivity contribution in [3.05, 3.63) is 27.7 Å². The lowest BCUT2D eigenvalue weighted by Crippen LogP contribution is -2.20. The SMILES string of the molecule is CONC1COc2c(Br)cc(C)cc21. The molecular weight excluding hydrogens is 246 g/mol. The van der Waals surface area contributed by atoms with Crippen LogP contribution in [0.1, 0.15) is 17.2 Å². The van der Waals surface area contributed by atoms with Gasteiger partial charge in [-0.2, -0.15) is 5.48 Å². The first kappa shape index (κ1) is 9.96. The number of ether oxygens (including phenoxy) is 1. The molecule has 0 saturated carbocycles. The van der Waals surface area contributed by atoms with Crippen LogP contribution in [0.25, 0.3) is 0 Å². The van der Waals surface area contributed by atoms with Gasteiger partial charge in [0.1, 0.15) is 12.4 Å². The fourth-order valence-electron chi connectivity index (χ4n) is 1.66. The summed E-state index contributed by atoms with van der Waals surface area (Å²) in [7, 11) is 1.61. The van der Waals surface area contributed by atoms with Crippen LogP contribution >= 0.6 is 15.9 Å². The summed E-state index contributed by atoms with van der Waals surface area (Å²) in [5.41, 5.74) is 5.27. The highest BCUT2D eigenvalue weighted by Gasteiger charge is 2.26. The van der Waals surface area contributed by atoms with E-state index in [-0.39, 0.29) is 6.04 Å². The van der Waals surface area contributed by atoms with E-state index in [1.165, 1.54) is 5.56 Å². The van der Waals surface area contributed by atoms with Crippen LogP contribution in [0.15, 0.2) is 16.6 Å². The van der Waals surface area contributed by atoms with E-state index in [4.69, 9.17) is 9.57 Å². The topological polar surface area (TPSA) is 30.5 Å². The molecule has 2 rings (SSSR count). The first-order valence-electron chi connectivity index (χ1n) is 4.43. The second kappa shape index (κ2) is 3.88. The lowest BCUT2D eigenvalue weighted by atomic mass is 10.1. The van der Waals surface area contributed by atoms with Crippen molar-refractivity contribution < 1.29 is 9.57 Å². The number of fused-ring (bicyclic) bond motifs is 1. The zero-order valence-corrected chi connectivity index (χ0v) is 9.72. The molecule has 0 amide bonds. The Bertz CT molecular complexity index is 354. The van der Waals surface area contributed by atoms with Crippen molar-refractivity contribution in [3.63, 3.8) is 0 Å². The molecule has 3 nitrogen and oxygen atoms in total. The minimum Gasteiger partial charge on any atom is -0.490 e. The predicted molar refractivity (Wildman–Crippen MR) is 57.3 cm³/mol. The van der Waals surface area contributed by atoms with Crippen molar-refractivity contribution in [1.82, 2.24) is 5.48 Å². The summed E-state index contributed by atoms with van der Waals surface area (Å²) in [5, 5.41) is 0. The second-order valence-corrected chi connectivity index (χ2v) is 4.20. The van der Waals surface area contributed by atoms with Crippen LogP contribution in [0, 0.1) is 6.92 Å². The van der Waals surface area contributed by atoms with Crippen molar-refractivity contribution in [2.24, 2.45) is 0 Å². The summed E-state index contributed by atoms with van der Waals surface area (Å²) in [6, 6.07) is 4.30. The van der Waals surface area contributed by atoms with Gasteiger partial charge in [0.25, 0.3) is 0 Å². The Morgan fingerprint density at radius 1 is 1.57 bits per heavy atom. The summed E-state index contributed by atoms with van der Waals surface area (Å²) in [5.74, 6) is 0.921. The number of aryl methyl sites for hydroxylation is 1. The predicted octanol–water partition coefficient (Wildman–Crippen LogP) is 2.34. The molecule has 0 aliphatic carbocycles. The van der Waals surface area contributed by atoms with Crippen LogP contribution in [-0.2, 0) is 4.84 Å². The zero-order chi connectivity index (χ0) is 10.1. The molecule has 1 aromatic carbocycles. The van der Waals surface area contributed by atoms with Gasteiger partial charge < -0.3 is 9.57 Å². The number of hydrogen-bond acceptors (Lipinski definition) is 3. The third-order valence-electron chi connectivity index (χ3n) is 2.25. The zero-order valence-electron chi connectivity index (χ0n) is 8.13. The summed E-state index contributed by atoms with van der Waals surface area (Å²) in [6.45, 7) is 2.68. The molecule has 1 aliphatic rings. The van der Waals surface area contributed by atoms with Crippen LogP contribution in [0.5, 0.6) is 5.75 Å². The second-order valence-electron chi connectivity index (χ2n) is 3.35. The van der Waals surface area contributed by atoms with E-state index < -0.39 is 0 Å². The fourth-order valence-corrected chi connectivity index (χ4v) is 2.37. The van der Waals surface area contributed by atoms with Gasteiger partial charge in [-0.25, -0.2) is 0 Å². The Hall–Kier alpha value is -0.580. The van der Waals surface area contributed by atoms with Crippen molar-refractivity contribution in [2.75, 3.05) is 13.7 Å². The van der Waals surface area contributed by atoms with Gasteiger partial charge in [-0.05, 0) is 34.5 Å². The third kappa shape index (κ3) is 1.65. The third-order valence-corrected chi connectivity index (χ3v) is 2.84. The molecule has 0 saturated heterocycles. The van der Waals surface area contributed by atoms with Gasteiger partial charge in [0.2, 0.25) is 0 Å². The van der Waals surface area contributed by atoms with Crippen LogP contribution in [-0.4, -0.2) is 13.7 Å². The highest BCUT2D eigenvalue weighted by atomic mass is 79.9. The maximum Gasteiger partial charge on any atom is 0.138 e. The molecule has 14 heavy (non-hydrogen) atoms. The molecule has 0 radical (unpaired) electrons. The first-order chi connectivity index (χ1) is 6.72. The average molecular weight is 258 g/mol. The number of nitrogens with one attached hydrogen (secondary N) is 1. The summed E-state index contributed by atoms with van der Waals surface area (Å²) in [6.07, 6.45) is 0. The minimum atomic E-state index is 0.131. The van der Waals surface area contributed by atoms with Gasteiger partial charge in [0, 0.05) is 5.56 Å². The van der Waals surface area contributed by atoms with Gasteiger partial charge in [0.05, 0.1) is 17.6 Å². The summed E-state index contributed by atoms with van der Waals surface area (Å²) < 4.78 is 6.57. The summed E-state index contributed by atoms with van der Waals surface area (Å²) in [4.78, 5) is 4.92. The van der Waals surface area contributed by atoms with Gasteiger partial charge in [-0.3, -0.25) is 0 Å². The van der Waals surface area contributed by atoms with Crippen LogP contribution in [0.3, 0.4) is 0 Å². The Kier molecular flexibility index (Phi) is 2.76. The minimum absolute atomic E-state index is 0.131. The highest BCUT2D eigenvalue weighted by Crippen LogP contribution is 2.39. The normalized spacial score (nSPS) is 19.2. The van der Waals surface area contributed by atoms with Crippen LogP contribution in [0.4, 0.5) is 0 Å². The molecule has 76 valence electrons. The fraction of sp³-hybridized carbons (Fsp3) is 0.400. The largest absolute Gasteiger partial charge is 0.490 e. The molecular formula is C10H12BrNO2. The number of hydrogen-bond donors (Lipinski definition) is 1. The standard InChI is InChI=1S/C10H12BrNO2/c1-6-3-7-9(12-13-2)5-14-10(7)8(11)4-6/h3-4,9,12H,5H2,1-2H3. The molecule has 1 heterocycles. The molecule has 4 heteroatoms. The molecule has 0 bridgehead atoms. The van der Waals surface area contributed by atoms with Gasteiger partial charge in [-0.1, -0.05) is 6.07 Å². The number of halogens is 1. The molecule has 1 atom stereocenters. The van der Waals surface area contributed by atoms with Gasteiger partial charge in [-0.15, -0.1) is 0 Å². The number of benzene rings is 1. The maximum atomic E-state index is 5.56. The van der Waals surface area contributed by atoms with Crippen molar-refractivity contribution in [1.29, 1.82) is 0 Å². The number of rotatable bonds is 2. The molecule has 0 fully saturated rings. The van der Waals surface area contributed by atoms with E-state index in [9.17, 15) is 0 Å². The number of hydroxylamine groups is 1. The molecule has 0 spiro atoms. The van der Waals surface area contributed by atoms with Crippen LogP contribution < -0.4 is 10.2 Å². The van der Waals surface area contributed by atoms with Gasteiger partial charge >= 0.3 is 0 Å². The smallest absolute Gasteiger partial charge is 0.138 e. The Labute approximate surface area is 91.5 Å². The lowest BCUT2D eigenvalue weighted by Gasteiger charge is -2.09. The van der Waals surface area contributed by atoms with Crippen molar-refractivity contribution in [2.45, 2.75) is 13.0 Å². The van der Waals surface area contributed by atoms with Crippen LogP contribution in [0.2, 0.25) is 0 Å². The lowest BCUT2D eigenvalue weighted by molar-refractivity contribution is 0.0535. The Balaban J connectivity index is 2.38. The summed E-state index contributed by atoms with van der Waals surface area (Å²) >= 11 is 3.48. The maximum absolute atomic E-state index is 5.56. The van der Waals surface area contributed by atoms with Crippen molar-refractivity contribution >= 4 is 15.9 Å². The first-order valence-corrected chi connectivity index (χ1v) is 5.23. The van der Waals surface area contributed by atoms with E-state index in [0.29, 0.717) is 6.61 Å². The van der Waals surface area contributed by atoms with Gasteiger partial charge in [0.15, 0.2) is 0 Å². The Morgan fingerprint density at radius 3 is 3.07 bits per heavy atom. The van der Waals surface area contributed by atoms with E-state index >= 15 is 0 Å². The Morgan fingerprint density at radius 2 is 2.36 bits per heavy atom. The van der Waals surface area contributed by atoms with E-state index in [2.05, 4.69) is 34.4 Å². The average Bonchev–Trinajstić information content (AvgIpc) is 2.49. The van der Waals surface area contributed by atoms with Crippen molar-refractivity contribution in [3.8, 4) is 5.75 Å². The highest BCUT2D eigenvalue weighted by molar-refractivity contribution is 9.10. The molecule has 1 aromatic rings. The van der Waals surface area contributed by atoms with E-state index in [0.717, 1.165) is 15.8 Å². The van der Waals surface area contributed by atoms with E-state index in [1.54, 1.807) is 7.11 Å². The molecule has 1 N–H and O–H groups in total. The molecule has 1 aliphatic heterocycles. The van der Waals surface area contributed by atoms with E-state index in [1.807, 2.05) is 6.07 Å². The monoisotopic (exact) mass is 257 g/mol.